The normalized spacial score (nSPS) is 17.9. The van der Waals surface area contributed by atoms with Crippen LogP contribution in [0.4, 0.5) is 0 Å². The average molecular weight is 466 g/mol. The molecule has 5 nitrogen and oxygen atoms in total. The molecule has 2 rings (SSSR count). The van der Waals surface area contributed by atoms with Gasteiger partial charge in [-0.15, -0.1) is 24.0 Å². The summed E-state index contributed by atoms with van der Waals surface area (Å²) in [5.41, 5.74) is 1.18. The summed E-state index contributed by atoms with van der Waals surface area (Å²) in [6, 6.07) is 8.36. The van der Waals surface area contributed by atoms with Crippen molar-refractivity contribution >= 4 is 41.5 Å². The number of nitrogens with one attached hydrogen (secondary N) is 2. The van der Waals surface area contributed by atoms with Crippen molar-refractivity contribution in [2.24, 2.45) is 4.99 Å². The number of hydrogen-bond donors (Lipinski definition) is 2. The molecule has 1 atom stereocenters. The Labute approximate surface area is 167 Å². The van der Waals surface area contributed by atoms with E-state index in [0.717, 1.165) is 50.3 Å². The lowest BCUT2D eigenvalue weighted by Gasteiger charge is -2.36. The molecule has 1 aromatic rings. The van der Waals surface area contributed by atoms with Gasteiger partial charge in [-0.1, -0.05) is 23.7 Å². The number of likely N-dealkylation sites (N-methyl/N-ethyl adjacent to an activating group) is 1. The first kappa shape index (κ1) is 21.5. The summed E-state index contributed by atoms with van der Waals surface area (Å²) in [5.74, 6) is 0.834. The molecule has 1 saturated heterocycles. The summed E-state index contributed by atoms with van der Waals surface area (Å²) >= 11 is 5.90. The zero-order valence-corrected chi connectivity index (χ0v) is 17.8. The van der Waals surface area contributed by atoms with E-state index in [1.807, 2.05) is 24.3 Å². The first-order valence-corrected chi connectivity index (χ1v) is 8.58. The largest absolute Gasteiger partial charge is 0.355 e. The molecule has 0 saturated carbocycles. The Morgan fingerprint density at radius 3 is 2.38 bits per heavy atom. The van der Waals surface area contributed by atoms with Crippen LogP contribution in [0, 0.1) is 0 Å². The third-order valence-electron chi connectivity index (χ3n) is 4.32. The lowest BCUT2D eigenvalue weighted by atomic mass is 10.2. The van der Waals surface area contributed by atoms with E-state index in [0.29, 0.717) is 6.04 Å². The van der Waals surface area contributed by atoms with Crippen LogP contribution < -0.4 is 10.6 Å². The van der Waals surface area contributed by atoms with Crippen LogP contribution in [0.5, 0.6) is 0 Å². The molecular formula is C17H29ClIN5. The molecule has 0 radical (unpaired) electrons. The predicted molar refractivity (Wildman–Crippen MR) is 114 cm³/mol. The molecule has 1 aliphatic rings. The Balaban J connectivity index is 0.00000288. The first-order chi connectivity index (χ1) is 11.1. The van der Waals surface area contributed by atoms with E-state index >= 15 is 0 Å². The number of nitrogens with zero attached hydrogens (tertiary/aromatic N) is 3. The number of aliphatic imine (C=N–C) groups is 1. The molecule has 0 spiro atoms. The summed E-state index contributed by atoms with van der Waals surface area (Å²) in [4.78, 5) is 9.20. The van der Waals surface area contributed by atoms with Crippen molar-refractivity contribution in [1.29, 1.82) is 0 Å². The van der Waals surface area contributed by atoms with Crippen LogP contribution in [0.15, 0.2) is 29.3 Å². The summed E-state index contributed by atoms with van der Waals surface area (Å²) in [6.45, 7) is 8.46. The highest BCUT2D eigenvalue weighted by Gasteiger charge is 2.18. The lowest BCUT2D eigenvalue weighted by Crippen LogP contribution is -2.52. The zero-order valence-electron chi connectivity index (χ0n) is 14.8. The van der Waals surface area contributed by atoms with Gasteiger partial charge in [-0.2, -0.15) is 0 Å². The molecule has 136 valence electrons. The standard InChI is InChI=1S/C17H28ClN5.HI/c1-14(23-10-8-22(3)9-11-23)12-20-17(19-2)21-13-15-4-6-16(18)7-5-15;/h4-7,14H,8-13H2,1-3H3,(H2,19,20,21);1H. The van der Waals surface area contributed by atoms with Crippen molar-refractivity contribution in [3.63, 3.8) is 0 Å². The predicted octanol–water partition coefficient (Wildman–Crippen LogP) is 2.26. The van der Waals surface area contributed by atoms with Crippen LogP contribution in [0.25, 0.3) is 0 Å². The SMILES string of the molecule is CN=C(NCc1ccc(Cl)cc1)NCC(C)N1CCN(C)CC1.I. The zero-order chi connectivity index (χ0) is 16.7. The minimum Gasteiger partial charge on any atom is -0.355 e. The van der Waals surface area contributed by atoms with Crippen molar-refractivity contribution in [1.82, 2.24) is 20.4 Å². The second-order valence-corrected chi connectivity index (χ2v) is 6.56. The fourth-order valence-electron chi connectivity index (χ4n) is 2.64. The van der Waals surface area contributed by atoms with E-state index in [9.17, 15) is 0 Å². The van der Waals surface area contributed by atoms with Gasteiger partial charge in [0.05, 0.1) is 0 Å². The van der Waals surface area contributed by atoms with Crippen LogP contribution >= 0.6 is 35.6 Å². The number of rotatable bonds is 5. The van der Waals surface area contributed by atoms with Crippen molar-refractivity contribution < 1.29 is 0 Å². The van der Waals surface area contributed by atoms with Crippen LogP contribution in [-0.2, 0) is 6.54 Å². The average Bonchev–Trinajstić information content (AvgIpc) is 2.57. The van der Waals surface area contributed by atoms with Gasteiger partial charge in [0, 0.05) is 57.4 Å². The van der Waals surface area contributed by atoms with Gasteiger partial charge < -0.3 is 15.5 Å². The van der Waals surface area contributed by atoms with Gasteiger partial charge in [0.2, 0.25) is 0 Å². The Morgan fingerprint density at radius 2 is 1.79 bits per heavy atom. The topological polar surface area (TPSA) is 42.9 Å². The molecule has 1 aliphatic heterocycles. The Bertz CT molecular complexity index is 500. The number of benzene rings is 1. The smallest absolute Gasteiger partial charge is 0.191 e. The fraction of sp³-hybridized carbons (Fsp3) is 0.588. The maximum Gasteiger partial charge on any atom is 0.191 e. The van der Waals surface area contributed by atoms with E-state index in [4.69, 9.17) is 11.6 Å². The van der Waals surface area contributed by atoms with Crippen molar-refractivity contribution in [2.75, 3.05) is 46.8 Å². The van der Waals surface area contributed by atoms with Gasteiger partial charge in [-0.05, 0) is 31.7 Å². The Kier molecular flexibility index (Phi) is 9.95. The van der Waals surface area contributed by atoms with Crippen LogP contribution in [0.1, 0.15) is 12.5 Å². The number of guanidine groups is 1. The van der Waals surface area contributed by atoms with Crippen molar-refractivity contribution in [3.05, 3.63) is 34.9 Å². The van der Waals surface area contributed by atoms with Gasteiger partial charge in [-0.25, -0.2) is 0 Å². The molecule has 1 heterocycles. The van der Waals surface area contributed by atoms with Crippen LogP contribution in [0.3, 0.4) is 0 Å². The molecule has 0 aromatic heterocycles. The van der Waals surface area contributed by atoms with Crippen molar-refractivity contribution in [2.45, 2.75) is 19.5 Å². The lowest BCUT2D eigenvalue weighted by molar-refractivity contribution is 0.120. The molecule has 1 aromatic carbocycles. The summed E-state index contributed by atoms with van der Waals surface area (Å²) < 4.78 is 0. The Hall–Kier alpha value is -0.570. The quantitative estimate of drug-likeness (QED) is 0.398. The van der Waals surface area contributed by atoms with Gasteiger partial charge in [0.25, 0.3) is 0 Å². The van der Waals surface area contributed by atoms with E-state index in [2.05, 4.69) is 39.4 Å². The summed E-state index contributed by atoms with van der Waals surface area (Å²) in [5, 5.41) is 7.52. The number of piperazine rings is 1. The van der Waals surface area contributed by atoms with E-state index in [-0.39, 0.29) is 24.0 Å². The van der Waals surface area contributed by atoms with E-state index in [1.165, 1.54) is 5.56 Å². The fourth-order valence-corrected chi connectivity index (χ4v) is 2.77. The number of hydrogen-bond acceptors (Lipinski definition) is 3. The summed E-state index contributed by atoms with van der Waals surface area (Å²) in [6.07, 6.45) is 0. The van der Waals surface area contributed by atoms with Gasteiger partial charge in [0.1, 0.15) is 0 Å². The van der Waals surface area contributed by atoms with E-state index < -0.39 is 0 Å². The molecule has 7 heteroatoms. The minimum absolute atomic E-state index is 0. The minimum atomic E-state index is 0. The molecule has 1 fully saturated rings. The van der Waals surface area contributed by atoms with Gasteiger partial charge in [-0.3, -0.25) is 9.89 Å². The van der Waals surface area contributed by atoms with Crippen LogP contribution in [-0.4, -0.2) is 68.6 Å². The van der Waals surface area contributed by atoms with Gasteiger partial charge >= 0.3 is 0 Å². The molecule has 2 N–H and O–H groups in total. The van der Waals surface area contributed by atoms with E-state index in [1.54, 1.807) is 7.05 Å². The maximum absolute atomic E-state index is 5.90. The molecule has 24 heavy (non-hydrogen) atoms. The third-order valence-corrected chi connectivity index (χ3v) is 4.57. The molecule has 0 bridgehead atoms. The second-order valence-electron chi connectivity index (χ2n) is 6.12. The third kappa shape index (κ3) is 7.13. The highest BCUT2D eigenvalue weighted by Crippen LogP contribution is 2.09. The van der Waals surface area contributed by atoms with Crippen molar-refractivity contribution in [3.8, 4) is 0 Å². The van der Waals surface area contributed by atoms with Gasteiger partial charge in [0.15, 0.2) is 5.96 Å². The highest BCUT2D eigenvalue weighted by atomic mass is 127. The molecule has 0 aliphatic carbocycles. The molecular weight excluding hydrogens is 437 g/mol. The molecule has 0 amide bonds. The molecule has 1 unspecified atom stereocenters. The first-order valence-electron chi connectivity index (χ1n) is 8.20. The number of halogens is 2. The van der Waals surface area contributed by atoms with Crippen LogP contribution in [0.2, 0.25) is 5.02 Å². The Morgan fingerprint density at radius 1 is 1.17 bits per heavy atom. The maximum atomic E-state index is 5.90. The highest BCUT2D eigenvalue weighted by molar-refractivity contribution is 14.0. The summed E-state index contributed by atoms with van der Waals surface area (Å²) in [7, 11) is 3.99. The second kappa shape index (κ2) is 11.1. The monoisotopic (exact) mass is 465 g/mol.